The van der Waals surface area contributed by atoms with Crippen LogP contribution in [0.4, 0.5) is 5.69 Å². The summed E-state index contributed by atoms with van der Waals surface area (Å²) < 4.78 is 33.5. The van der Waals surface area contributed by atoms with Gasteiger partial charge in [0.15, 0.2) is 0 Å². The first kappa shape index (κ1) is 22.9. The molecule has 0 saturated carbocycles. The predicted octanol–water partition coefficient (Wildman–Crippen LogP) is 1.88. The van der Waals surface area contributed by atoms with Crippen LogP contribution in [-0.2, 0) is 15.0 Å². The maximum Gasteiger partial charge on any atom is 0.282 e. The van der Waals surface area contributed by atoms with Gasteiger partial charge in [-0.05, 0) is 25.1 Å². The molecule has 1 fully saturated rings. The maximum absolute atomic E-state index is 12.7. The largest absolute Gasteiger partial charge is 0.495 e. The zero-order chi connectivity index (χ0) is 20.9. The van der Waals surface area contributed by atoms with E-state index in [0.29, 0.717) is 55.7 Å². The summed E-state index contributed by atoms with van der Waals surface area (Å²) in [7, 11) is -1.92. The minimum Gasteiger partial charge on any atom is -0.495 e. The summed E-state index contributed by atoms with van der Waals surface area (Å²) in [4.78, 5) is 14.7. The number of anilines is 1. The molecular weight excluding hydrogens is 404 g/mol. The lowest BCUT2D eigenvalue weighted by Crippen LogP contribution is -2.56. The highest BCUT2D eigenvalue weighted by atomic mass is 35.5. The molecule has 1 atom stereocenters. The van der Waals surface area contributed by atoms with Crippen molar-refractivity contribution >= 4 is 33.4 Å². The second kappa shape index (κ2) is 9.89. The number of nitrogens with one attached hydrogen (secondary N) is 1. The Hall–Kier alpha value is -1.39. The van der Waals surface area contributed by atoms with Crippen molar-refractivity contribution in [2.24, 2.45) is 0 Å². The Morgan fingerprint density at radius 1 is 1.25 bits per heavy atom. The van der Waals surface area contributed by atoms with Gasteiger partial charge >= 0.3 is 0 Å². The van der Waals surface area contributed by atoms with Gasteiger partial charge in [0.1, 0.15) is 5.75 Å². The van der Waals surface area contributed by atoms with E-state index in [4.69, 9.17) is 16.3 Å². The van der Waals surface area contributed by atoms with Gasteiger partial charge in [-0.2, -0.15) is 17.0 Å². The van der Waals surface area contributed by atoms with Gasteiger partial charge in [0, 0.05) is 44.3 Å². The van der Waals surface area contributed by atoms with Crippen LogP contribution in [0.15, 0.2) is 18.2 Å². The number of rotatable bonds is 8. The molecule has 1 aliphatic heterocycles. The Balaban J connectivity index is 1.99. The summed E-state index contributed by atoms with van der Waals surface area (Å²) in [6, 6.07) is 4.61. The Morgan fingerprint density at radius 2 is 1.86 bits per heavy atom. The molecule has 1 saturated heterocycles. The predicted molar refractivity (Wildman–Crippen MR) is 111 cm³/mol. The summed E-state index contributed by atoms with van der Waals surface area (Å²) in [6.45, 7) is 8.04. The molecule has 1 aromatic rings. The van der Waals surface area contributed by atoms with Crippen molar-refractivity contribution in [3.05, 3.63) is 23.2 Å². The van der Waals surface area contributed by atoms with E-state index >= 15 is 0 Å². The van der Waals surface area contributed by atoms with Crippen LogP contribution in [0, 0.1) is 0 Å². The molecule has 1 unspecified atom stereocenters. The molecule has 0 bridgehead atoms. The first-order chi connectivity index (χ1) is 13.2. The fraction of sp³-hybridized carbons (Fsp3) is 0.611. The van der Waals surface area contributed by atoms with Gasteiger partial charge in [-0.25, -0.2) is 0 Å². The van der Waals surface area contributed by atoms with Crippen LogP contribution in [0.25, 0.3) is 0 Å². The molecule has 0 aliphatic carbocycles. The molecule has 1 amide bonds. The average Bonchev–Trinajstić information content (AvgIpc) is 2.68. The monoisotopic (exact) mass is 432 g/mol. The Morgan fingerprint density at radius 3 is 2.39 bits per heavy atom. The highest BCUT2D eigenvalue weighted by Gasteiger charge is 2.33. The van der Waals surface area contributed by atoms with Crippen LogP contribution in [-0.4, -0.2) is 80.3 Å². The van der Waals surface area contributed by atoms with E-state index in [1.54, 1.807) is 25.1 Å². The number of carbonyl (C=O) groups is 1. The van der Waals surface area contributed by atoms with Crippen molar-refractivity contribution in [1.82, 2.24) is 13.5 Å². The SMILES string of the molecule is CCN(CC)S(=O)(=O)N1CCN(C(C)C(=O)Nc2cc(Cl)ccc2OC)CC1. The first-order valence-corrected chi connectivity index (χ1v) is 11.2. The normalized spacial score (nSPS) is 17.5. The van der Waals surface area contributed by atoms with Crippen molar-refractivity contribution in [3.8, 4) is 5.75 Å². The van der Waals surface area contributed by atoms with Gasteiger partial charge in [0.2, 0.25) is 5.91 Å². The highest BCUT2D eigenvalue weighted by molar-refractivity contribution is 7.86. The van der Waals surface area contributed by atoms with E-state index in [1.165, 1.54) is 15.7 Å². The van der Waals surface area contributed by atoms with Crippen LogP contribution < -0.4 is 10.1 Å². The van der Waals surface area contributed by atoms with E-state index in [9.17, 15) is 13.2 Å². The molecule has 10 heteroatoms. The summed E-state index contributed by atoms with van der Waals surface area (Å²) in [6.07, 6.45) is 0. The second-order valence-corrected chi connectivity index (χ2v) is 8.90. The molecular formula is C18H29ClN4O4S. The van der Waals surface area contributed by atoms with E-state index in [0.717, 1.165) is 0 Å². The van der Waals surface area contributed by atoms with Gasteiger partial charge in [0.05, 0.1) is 18.8 Å². The number of carbonyl (C=O) groups excluding carboxylic acids is 1. The maximum atomic E-state index is 12.7. The summed E-state index contributed by atoms with van der Waals surface area (Å²) >= 11 is 6.01. The molecule has 28 heavy (non-hydrogen) atoms. The Bertz CT molecular complexity index is 778. The standard InChI is InChI=1S/C18H29ClN4O4S/c1-5-22(6-2)28(25,26)23-11-9-21(10-12-23)14(3)18(24)20-16-13-15(19)7-8-17(16)27-4/h7-8,13-14H,5-6,9-12H2,1-4H3,(H,20,24). The zero-order valence-corrected chi connectivity index (χ0v) is 18.4. The quantitative estimate of drug-likeness (QED) is 0.678. The molecule has 0 radical (unpaired) electrons. The number of nitrogens with zero attached hydrogens (tertiary/aromatic N) is 3. The third kappa shape index (κ3) is 5.15. The smallest absolute Gasteiger partial charge is 0.282 e. The van der Waals surface area contributed by atoms with Gasteiger partial charge in [0.25, 0.3) is 10.2 Å². The number of methoxy groups -OCH3 is 1. The van der Waals surface area contributed by atoms with Crippen molar-refractivity contribution in [2.45, 2.75) is 26.8 Å². The van der Waals surface area contributed by atoms with Crippen LogP contribution in [0.3, 0.4) is 0 Å². The molecule has 0 spiro atoms. The minimum absolute atomic E-state index is 0.194. The molecule has 1 heterocycles. The average molecular weight is 433 g/mol. The molecule has 1 aromatic carbocycles. The fourth-order valence-electron chi connectivity index (χ4n) is 3.22. The molecule has 8 nitrogen and oxygen atoms in total. The molecule has 1 aliphatic rings. The van der Waals surface area contributed by atoms with Crippen molar-refractivity contribution in [1.29, 1.82) is 0 Å². The fourth-order valence-corrected chi connectivity index (χ4v) is 4.99. The van der Waals surface area contributed by atoms with Crippen molar-refractivity contribution in [2.75, 3.05) is 51.7 Å². The molecule has 0 aromatic heterocycles. The van der Waals surface area contributed by atoms with Gasteiger partial charge in [-0.3, -0.25) is 9.69 Å². The van der Waals surface area contributed by atoms with E-state index in [1.807, 2.05) is 18.7 Å². The summed E-state index contributed by atoms with van der Waals surface area (Å²) in [5, 5.41) is 3.35. The van der Waals surface area contributed by atoms with Crippen LogP contribution in [0.1, 0.15) is 20.8 Å². The van der Waals surface area contributed by atoms with E-state index in [2.05, 4.69) is 5.32 Å². The van der Waals surface area contributed by atoms with Gasteiger partial charge < -0.3 is 10.1 Å². The second-order valence-electron chi connectivity index (χ2n) is 6.54. The lowest BCUT2D eigenvalue weighted by atomic mass is 10.2. The topological polar surface area (TPSA) is 82.2 Å². The van der Waals surface area contributed by atoms with Crippen molar-refractivity contribution < 1.29 is 17.9 Å². The van der Waals surface area contributed by atoms with Gasteiger partial charge in [-0.1, -0.05) is 25.4 Å². The number of piperazine rings is 1. The zero-order valence-electron chi connectivity index (χ0n) is 16.8. The Labute approximate surface area is 172 Å². The van der Waals surface area contributed by atoms with Crippen molar-refractivity contribution in [3.63, 3.8) is 0 Å². The van der Waals surface area contributed by atoms with E-state index < -0.39 is 16.3 Å². The number of amides is 1. The highest BCUT2D eigenvalue weighted by Crippen LogP contribution is 2.28. The third-order valence-electron chi connectivity index (χ3n) is 4.98. The van der Waals surface area contributed by atoms with E-state index in [-0.39, 0.29) is 5.91 Å². The number of halogens is 1. The van der Waals surface area contributed by atoms with Gasteiger partial charge in [-0.15, -0.1) is 0 Å². The minimum atomic E-state index is -3.45. The third-order valence-corrected chi connectivity index (χ3v) is 7.40. The van der Waals surface area contributed by atoms with Crippen LogP contribution >= 0.6 is 11.6 Å². The van der Waals surface area contributed by atoms with Crippen LogP contribution in [0.2, 0.25) is 5.02 Å². The Kier molecular flexibility index (Phi) is 8.08. The lowest BCUT2D eigenvalue weighted by Gasteiger charge is -2.38. The number of hydrogen-bond donors (Lipinski definition) is 1. The number of hydrogen-bond acceptors (Lipinski definition) is 5. The first-order valence-electron chi connectivity index (χ1n) is 9.38. The van der Waals surface area contributed by atoms with Crippen LogP contribution in [0.5, 0.6) is 5.75 Å². The number of benzene rings is 1. The lowest BCUT2D eigenvalue weighted by molar-refractivity contribution is -0.121. The summed E-state index contributed by atoms with van der Waals surface area (Å²) in [5.41, 5.74) is 0.509. The molecule has 2 rings (SSSR count). The summed E-state index contributed by atoms with van der Waals surface area (Å²) in [5.74, 6) is 0.334. The molecule has 158 valence electrons. The molecule has 1 N–H and O–H groups in total. The number of ether oxygens (including phenoxy) is 1.